The molecule has 3 aromatic rings. The van der Waals surface area contributed by atoms with Crippen molar-refractivity contribution in [2.45, 2.75) is 57.8 Å². The van der Waals surface area contributed by atoms with Gasteiger partial charge in [0.15, 0.2) is 0 Å². The Kier molecular flexibility index (Phi) is 5.63. The van der Waals surface area contributed by atoms with Crippen molar-refractivity contribution in [1.29, 1.82) is 0 Å². The quantitative estimate of drug-likeness (QED) is 0.434. The minimum absolute atomic E-state index is 0.0427. The molecule has 2 fully saturated rings. The third kappa shape index (κ3) is 3.97. The summed E-state index contributed by atoms with van der Waals surface area (Å²) in [7, 11) is 1.32. The van der Waals surface area contributed by atoms with E-state index in [9.17, 15) is 9.59 Å². The summed E-state index contributed by atoms with van der Waals surface area (Å²) in [5.74, 6) is 1.22. The Morgan fingerprint density at radius 2 is 1.97 bits per heavy atom. The minimum atomic E-state index is -0.631. The first-order valence-electron chi connectivity index (χ1n) is 13.6. The Bertz CT molecular complexity index is 1580. The Labute approximate surface area is 232 Å². The Balaban J connectivity index is 1.20. The van der Waals surface area contributed by atoms with Gasteiger partial charge in [-0.05, 0) is 88.5 Å². The molecule has 1 N–H and O–H groups in total. The number of methoxy groups -OCH3 is 1. The Morgan fingerprint density at radius 3 is 2.77 bits per heavy atom. The fourth-order valence-electron chi connectivity index (χ4n) is 6.62. The maximum Gasteiger partial charge on any atom is 0.407 e. The summed E-state index contributed by atoms with van der Waals surface area (Å²) in [6.07, 6.45) is 2.07. The molecule has 4 atom stereocenters. The molecule has 3 aliphatic heterocycles. The van der Waals surface area contributed by atoms with Gasteiger partial charge in [-0.2, -0.15) is 0 Å². The number of aliphatic imine (C=N–C) groups is 1. The molecule has 1 saturated carbocycles. The number of rotatable bonds is 4. The molecule has 1 aliphatic carbocycles. The van der Waals surface area contributed by atoms with Crippen LogP contribution in [-0.2, 0) is 22.6 Å². The van der Waals surface area contributed by atoms with E-state index in [1.165, 1.54) is 23.6 Å². The van der Waals surface area contributed by atoms with Crippen molar-refractivity contribution in [1.82, 2.24) is 10.2 Å². The normalized spacial score (nSPS) is 22.8. The van der Waals surface area contributed by atoms with Gasteiger partial charge in [-0.25, -0.2) is 4.79 Å². The van der Waals surface area contributed by atoms with Crippen molar-refractivity contribution in [2.24, 2.45) is 16.8 Å². The molecule has 8 heteroatoms. The zero-order chi connectivity index (χ0) is 27.0. The van der Waals surface area contributed by atoms with Gasteiger partial charge in [-0.3, -0.25) is 9.79 Å². The van der Waals surface area contributed by atoms with Gasteiger partial charge in [0.25, 0.3) is 0 Å². The second-order valence-electron chi connectivity index (χ2n) is 11.4. The fourth-order valence-corrected chi connectivity index (χ4v) is 6.78. The van der Waals surface area contributed by atoms with Crippen LogP contribution in [0.4, 0.5) is 10.5 Å². The molecule has 3 aromatic carbocycles. The molecule has 0 radical (unpaired) electrons. The van der Waals surface area contributed by atoms with E-state index < -0.39 is 12.1 Å². The van der Waals surface area contributed by atoms with Crippen molar-refractivity contribution in [3.63, 3.8) is 0 Å². The lowest BCUT2D eigenvalue weighted by molar-refractivity contribution is -0.135. The van der Waals surface area contributed by atoms with Crippen LogP contribution < -0.4 is 10.1 Å². The third-order valence-corrected chi connectivity index (χ3v) is 8.94. The molecule has 3 heterocycles. The van der Waals surface area contributed by atoms with Gasteiger partial charge in [0.1, 0.15) is 18.4 Å². The Morgan fingerprint density at radius 1 is 1.13 bits per heavy atom. The lowest BCUT2D eigenvalue weighted by atomic mass is 9.90. The number of piperidine rings is 1. The zero-order valence-corrected chi connectivity index (χ0v) is 22.9. The number of nitrogens with zero attached hydrogens (tertiary/aromatic N) is 2. The summed E-state index contributed by atoms with van der Waals surface area (Å²) in [6.45, 7) is 4.38. The lowest BCUT2D eigenvalue weighted by Crippen LogP contribution is -2.55. The summed E-state index contributed by atoms with van der Waals surface area (Å²) in [5, 5.41) is 5.77. The predicted molar refractivity (Wildman–Crippen MR) is 151 cm³/mol. The smallest absolute Gasteiger partial charge is 0.407 e. The van der Waals surface area contributed by atoms with Crippen LogP contribution in [0.25, 0.3) is 21.9 Å². The topological polar surface area (TPSA) is 80.2 Å². The number of ether oxygens (including phenoxy) is 2. The number of likely N-dealkylation sites (tertiary alicyclic amines) is 1. The molecule has 39 heavy (non-hydrogen) atoms. The minimum Gasteiger partial charge on any atom is -0.488 e. The summed E-state index contributed by atoms with van der Waals surface area (Å²) in [4.78, 5) is 32.9. The van der Waals surface area contributed by atoms with Crippen LogP contribution in [-0.4, -0.2) is 47.8 Å². The number of hydrogen-bond acceptors (Lipinski definition) is 5. The molecule has 0 aromatic heterocycles. The first-order chi connectivity index (χ1) is 18.8. The van der Waals surface area contributed by atoms with Crippen molar-refractivity contribution < 1.29 is 19.1 Å². The molecule has 4 aliphatic rings. The maximum atomic E-state index is 13.8. The van der Waals surface area contributed by atoms with Crippen LogP contribution in [0, 0.1) is 11.8 Å². The molecule has 7 rings (SSSR count). The molecule has 7 nitrogen and oxygen atoms in total. The van der Waals surface area contributed by atoms with Crippen LogP contribution in [0.15, 0.2) is 47.5 Å². The second kappa shape index (κ2) is 8.98. The van der Waals surface area contributed by atoms with Crippen LogP contribution in [0.3, 0.4) is 0 Å². The number of alkyl carbamates (subject to hydrolysis) is 1. The molecule has 1 saturated heterocycles. The van der Waals surface area contributed by atoms with Gasteiger partial charge >= 0.3 is 6.09 Å². The molecule has 200 valence electrons. The van der Waals surface area contributed by atoms with E-state index in [1.54, 1.807) is 0 Å². The van der Waals surface area contributed by atoms with E-state index in [4.69, 9.17) is 26.1 Å². The largest absolute Gasteiger partial charge is 0.488 e. The summed E-state index contributed by atoms with van der Waals surface area (Å²) in [5.41, 5.74) is 6.58. The highest BCUT2D eigenvalue weighted by Crippen LogP contribution is 2.50. The summed E-state index contributed by atoms with van der Waals surface area (Å²) >= 11 is 6.19. The molecular weight excluding hydrogens is 514 g/mol. The lowest BCUT2D eigenvalue weighted by Gasteiger charge is -2.33. The van der Waals surface area contributed by atoms with Gasteiger partial charge in [0.05, 0.1) is 18.8 Å². The number of hydrogen-bond donors (Lipinski definition) is 1. The van der Waals surface area contributed by atoms with Crippen LogP contribution in [0.2, 0.25) is 5.02 Å². The van der Waals surface area contributed by atoms with E-state index in [0.29, 0.717) is 24.0 Å². The van der Waals surface area contributed by atoms with Gasteiger partial charge < -0.3 is 19.7 Å². The molecule has 0 spiro atoms. The highest BCUT2D eigenvalue weighted by atomic mass is 35.5. The molecule has 0 bridgehead atoms. The average molecular weight is 544 g/mol. The predicted octanol–water partition coefficient (Wildman–Crippen LogP) is 6.05. The number of benzene rings is 3. The van der Waals surface area contributed by atoms with Crippen LogP contribution in [0.5, 0.6) is 5.75 Å². The van der Waals surface area contributed by atoms with Crippen molar-refractivity contribution in [3.8, 4) is 16.9 Å². The van der Waals surface area contributed by atoms with E-state index >= 15 is 0 Å². The molecule has 0 unspecified atom stereocenters. The first-order valence-corrected chi connectivity index (χ1v) is 14.0. The second-order valence-corrected chi connectivity index (χ2v) is 11.9. The van der Waals surface area contributed by atoms with Crippen molar-refractivity contribution in [2.75, 3.05) is 7.11 Å². The van der Waals surface area contributed by atoms with Crippen LogP contribution in [0.1, 0.15) is 37.8 Å². The van der Waals surface area contributed by atoms with Crippen LogP contribution >= 0.6 is 11.6 Å². The number of nitrogens with one attached hydrogen (secondary N) is 1. The summed E-state index contributed by atoms with van der Waals surface area (Å²) in [6, 6.07) is 14.0. The van der Waals surface area contributed by atoms with Gasteiger partial charge in [0, 0.05) is 28.8 Å². The number of amides is 2. The molecule has 2 amide bonds. The average Bonchev–Trinajstić information content (AvgIpc) is 3.37. The Hall–Kier alpha value is -3.58. The third-order valence-electron chi connectivity index (χ3n) is 8.70. The highest BCUT2D eigenvalue weighted by Gasteiger charge is 2.56. The van der Waals surface area contributed by atoms with Gasteiger partial charge in [0.2, 0.25) is 5.91 Å². The highest BCUT2D eigenvalue weighted by molar-refractivity contribution is 6.30. The SMILES string of the molecule is COC(=O)N[C@H](C(=O)N1[C@@H]2C[C@@H]2C[C@H]1C1=Nc2ccc3cc4c(cc3c2C1)COc1cc(Cl)ccc1-4)C(C)C. The number of fused-ring (bicyclic) bond motifs is 7. The summed E-state index contributed by atoms with van der Waals surface area (Å²) < 4.78 is 10.8. The maximum absolute atomic E-state index is 13.8. The first kappa shape index (κ1) is 24.5. The van der Waals surface area contributed by atoms with Gasteiger partial charge in [-0.1, -0.05) is 31.5 Å². The number of carbonyl (C=O) groups is 2. The number of halogens is 1. The van der Waals surface area contributed by atoms with Gasteiger partial charge in [-0.15, -0.1) is 0 Å². The fraction of sp³-hybridized carbons (Fsp3) is 0.387. The van der Waals surface area contributed by atoms with E-state index in [-0.39, 0.29) is 23.9 Å². The van der Waals surface area contributed by atoms with Crippen molar-refractivity contribution >= 4 is 45.8 Å². The number of carbonyl (C=O) groups excluding carboxylic acids is 2. The van der Waals surface area contributed by atoms with E-state index in [0.717, 1.165) is 46.5 Å². The monoisotopic (exact) mass is 543 g/mol. The van der Waals surface area contributed by atoms with E-state index in [2.05, 4.69) is 29.6 Å². The molecular formula is C31H30ClN3O4. The van der Waals surface area contributed by atoms with Crippen molar-refractivity contribution in [3.05, 3.63) is 58.6 Å². The standard InChI is InChI=1S/C31H30ClN3O4/c1-15(2)29(34-31(37)38-3)30(36)35-26-10-17(26)11-27(35)25-13-23-21-9-18-14-39-28-12-19(32)5-6-20(28)22(18)8-16(21)4-7-24(23)33-25/h4-9,12,15,17,26-27,29H,10-11,13-14H2,1-3H3,(H,34,37)/t17-,26-,27+,29+/m1/s1. The zero-order valence-electron chi connectivity index (χ0n) is 22.2. The van der Waals surface area contributed by atoms with E-state index in [1.807, 2.05) is 36.9 Å².